The van der Waals surface area contributed by atoms with E-state index in [-0.39, 0.29) is 6.10 Å². The van der Waals surface area contributed by atoms with Crippen LogP contribution in [0.3, 0.4) is 0 Å². The fourth-order valence-electron chi connectivity index (χ4n) is 12.0. The summed E-state index contributed by atoms with van der Waals surface area (Å²) >= 11 is 2.04. The van der Waals surface area contributed by atoms with Gasteiger partial charge in [-0.05, 0) is 130 Å². The molecule has 0 amide bonds. The molecule has 1 aromatic carbocycles. The molecule has 0 spiro atoms. The van der Waals surface area contributed by atoms with Crippen LogP contribution in [-0.2, 0) is 12.8 Å². The van der Waals surface area contributed by atoms with Crippen molar-refractivity contribution in [2.75, 3.05) is 4.90 Å². The Balaban J connectivity index is 1.00. The van der Waals surface area contributed by atoms with E-state index in [0.717, 1.165) is 30.9 Å². The molecule has 0 radical (unpaired) electrons. The zero-order valence-electron chi connectivity index (χ0n) is 30.4. The molecule has 4 heteroatoms. The van der Waals surface area contributed by atoms with Gasteiger partial charge in [-0.1, -0.05) is 90.6 Å². The van der Waals surface area contributed by atoms with Crippen LogP contribution >= 0.6 is 11.3 Å². The number of benzene rings is 1. The highest BCUT2D eigenvalue weighted by atomic mass is 32.1. The van der Waals surface area contributed by atoms with Crippen LogP contribution in [0.5, 0.6) is 5.75 Å². The van der Waals surface area contributed by atoms with Gasteiger partial charge in [0.15, 0.2) is 0 Å². The lowest BCUT2D eigenvalue weighted by Crippen LogP contribution is -2.49. The first-order chi connectivity index (χ1) is 25.8. The SMILES string of the molecule is C1=CC[C@H](N2C3C=CC(N(c4cccc5c4C4CCC=C[C@H]4O5)C4C=Cc5sc6c(c5C4)C=CCC6)CC3C3C=C(C4CC=CCC4)CCC32)C=C1. The van der Waals surface area contributed by atoms with Crippen LogP contribution in [0.15, 0.2) is 103 Å². The van der Waals surface area contributed by atoms with Crippen molar-refractivity contribution in [1.29, 1.82) is 0 Å². The zero-order chi connectivity index (χ0) is 34.2. The number of nitrogens with zero attached hydrogens (tertiary/aromatic N) is 2. The first-order valence-electron chi connectivity index (χ1n) is 20.7. The van der Waals surface area contributed by atoms with Crippen LogP contribution in [0.2, 0.25) is 0 Å². The summed E-state index contributed by atoms with van der Waals surface area (Å²) in [6, 6.07) is 9.24. The second-order valence-electron chi connectivity index (χ2n) is 17.0. The van der Waals surface area contributed by atoms with Crippen LogP contribution in [0.1, 0.15) is 96.6 Å². The van der Waals surface area contributed by atoms with Crippen LogP contribution in [0.4, 0.5) is 5.69 Å². The minimum Gasteiger partial charge on any atom is -0.485 e. The van der Waals surface area contributed by atoms with Crippen molar-refractivity contribution < 1.29 is 4.74 Å². The van der Waals surface area contributed by atoms with Gasteiger partial charge in [-0.15, -0.1) is 11.3 Å². The Labute approximate surface area is 314 Å². The molecule has 7 aliphatic carbocycles. The number of allylic oxidation sites excluding steroid dienone is 7. The Kier molecular flexibility index (Phi) is 8.01. The second kappa shape index (κ2) is 13.1. The maximum Gasteiger partial charge on any atom is 0.125 e. The van der Waals surface area contributed by atoms with Gasteiger partial charge >= 0.3 is 0 Å². The Morgan fingerprint density at radius 2 is 1.79 bits per heavy atom. The number of hydrogen-bond donors (Lipinski definition) is 0. The van der Waals surface area contributed by atoms with Crippen LogP contribution in [-0.4, -0.2) is 41.2 Å². The highest BCUT2D eigenvalue weighted by Gasteiger charge is 2.52. The number of rotatable bonds is 5. The number of anilines is 1. The van der Waals surface area contributed by atoms with Gasteiger partial charge in [-0.3, -0.25) is 4.90 Å². The summed E-state index contributed by atoms with van der Waals surface area (Å²) in [4.78, 5) is 8.95. The second-order valence-corrected chi connectivity index (χ2v) is 18.1. The van der Waals surface area contributed by atoms with Gasteiger partial charge in [-0.2, -0.15) is 0 Å². The summed E-state index contributed by atoms with van der Waals surface area (Å²) in [5.74, 6) is 3.54. The lowest BCUT2D eigenvalue weighted by atomic mass is 9.72. The Hall–Kier alpha value is -3.60. The van der Waals surface area contributed by atoms with Gasteiger partial charge in [0.05, 0.1) is 6.04 Å². The number of ether oxygens (including phenoxy) is 1. The normalized spacial score (nSPS) is 36.3. The van der Waals surface area contributed by atoms with Gasteiger partial charge in [-0.25, -0.2) is 0 Å². The predicted molar refractivity (Wildman–Crippen MR) is 217 cm³/mol. The average Bonchev–Trinajstić information content (AvgIpc) is 3.88. The van der Waals surface area contributed by atoms with E-state index in [1.165, 1.54) is 79.5 Å². The molecule has 1 saturated heterocycles. The quantitative estimate of drug-likeness (QED) is 0.288. The number of likely N-dealkylation sites (tertiary alicyclic amines) is 1. The van der Waals surface area contributed by atoms with E-state index in [0.29, 0.717) is 48.0 Å². The largest absolute Gasteiger partial charge is 0.485 e. The number of aryl methyl sites for hydroxylation is 1. The summed E-state index contributed by atoms with van der Waals surface area (Å²) in [6.07, 6.45) is 51.8. The molecule has 3 heterocycles. The maximum absolute atomic E-state index is 6.70. The molecule has 0 N–H and O–H groups in total. The number of fused-ring (bicyclic) bond motifs is 9. The van der Waals surface area contributed by atoms with Crippen molar-refractivity contribution in [1.82, 2.24) is 4.90 Å². The van der Waals surface area contributed by atoms with Crippen molar-refractivity contribution in [3.8, 4) is 5.75 Å². The van der Waals surface area contributed by atoms with Crippen molar-refractivity contribution >= 4 is 29.2 Å². The lowest BCUT2D eigenvalue weighted by molar-refractivity contribution is 0.151. The van der Waals surface area contributed by atoms with E-state index in [1.807, 2.05) is 11.3 Å². The number of thiophene rings is 1. The lowest BCUT2D eigenvalue weighted by Gasteiger charge is -2.44. The summed E-state index contributed by atoms with van der Waals surface area (Å²) in [5, 5.41) is 0. The molecule has 3 nitrogen and oxygen atoms in total. The topological polar surface area (TPSA) is 15.7 Å². The fraction of sp³-hybridized carbons (Fsp3) is 0.458. The van der Waals surface area contributed by atoms with E-state index in [2.05, 4.69) is 119 Å². The van der Waals surface area contributed by atoms with Crippen molar-refractivity contribution in [3.63, 3.8) is 0 Å². The molecule has 52 heavy (non-hydrogen) atoms. The molecule has 2 aromatic rings. The molecule has 8 unspecified atom stereocenters. The standard InChI is InChI=1S/C48H52N2OS/c1-3-12-31(13-4-1)32-22-25-41-38(28-32)39-29-34(23-26-42(39)50(41)33-14-5-2-6-15-33)49(35-24-27-47-40(30-35)36-16-8-10-21-46(36)52-47)43-18-11-20-45-48(43)37-17-7-9-19-44(37)51-45/h1-3,5-6,8-9,11,14,16,18-20,23-24,26-28,31,33-35,37-39,41-42,44H,4,7,10,12-13,15,17,21-22,25,29-30H2/t31?,33-,34?,35?,37?,38?,39?,41?,42?,44-/m1/s1. The highest BCUT2D eigenvalue weighted by Crippen LogP contribution is 2.53. The maximum atomic E-state index is 6.70. The van der Waals surface area contributed by atoms with Crippen LogP contribution < -0.4 is 9.64 Å². The molecular formula is C48H52N2OS. The summed E-state index contributed by atoms with van der Waals surface area (Å²) < 4.78 is 6.70. The van der Waals surface area contributed by atoms with Gasteiger partial charge in [0.2, 0.25) is 0 Å². The zero-order valence-corrected chi connectivity index (χ0v) is 31.2. The summed E-state index contributed by atoms with van der Waals surface area (Å²) in [7, 11) is 0. The molecule has 1 fully saturated rings. The van der Waals surface area contributed by atoms with E-state index in [4.69, 9.17) is 4.74 Å². The third-order valence-corrected chi connectivity index (χ3v) is 15.6. The first-order valence-corrected chi connectivity index (χ1v) is 21.5. The van der Waals surface area contributed by atoms with E-state index in [9.17, 15) is 0 Å². The van der Waals surface area contributed by atoms with Crippen LogP contribution in [0.25, 0.3) is 12.2 Å². The molecule has 10 atom stereocenters. The van der Waals surface area contributed by atoms with Gasteiger partial charge in [0.1, 0.15) is 11.9 Å². The van der Waals surface area contributed by atoms with Crippen molar-refractivity contribution in [2.45, 2.75) is 119 Å². The first kappa shape index (κ1) is 31.9. The Bertz CT molecular complexity index is 1990. The molecule has 2 aliphatic heterocycles. The molecule has 9 aliphatic rings. The van der Waals surface area contributed by atoms with Crippen molar-refractivity contribution in [2.24, 2.45) is 17.8 Å². The molecule has 11 rings (SSSR count). The fourth-order valence-corrected chi connectivity index (χ4v) is 13.3. The number of hydrogen-bond acceptors (Lipinski definition) is 4. The highest BCUT2D eigenvalue weighted by molar-refractivity contribution is 7.13. The minimum absolute atomic E-state index is 0.169. The smallest absolute Gasteiger partial charge is 0.125 e. The molecule has 0 bridgehead atoms. The van der Waals surface area contributed by atoms with E-state index in [1.54, 1.807) is 16.0 Å². The summed E-state index contributed by atoms with van der Waals surface area (Å²) in [6.45, 7) is 0. The molecule has 0 saturated carbocycles. The third-order valence-electron chi connectivity index (χ3n) is 14.3. The van der Waals surface area contributed by atoms with Gasteiger partial charge < -0.3 is 9.64 Å². The molecule has 266 valence electrons. The predicted octanol–water partition coefficient (Wildman–Crippen LogP) is 10.9. The minimum atomic E-state index is 0.169. The Morgan fingerprint density at radius 1 is 0.808 bits per heavy atom. The monoisotopic (exact) mass is 704 g/mol. The average molecular weight is 705 g/mol. The van der Waals surface area contributed by atoms with Gasteiger partial charge in [0.25, 0.3) is 0 Å². The van der Waals surface area contributed by atoms with Crippen molar-refractivity contribution in [3.05, 3.63) is 129 Å². The third kappa shape index (κ3) is 5.22. The summed E-state index contributed by atoms with van der Waals surface area (Å²) in [5.41, 5.74) is 7.78. The Morgan fingerprint density at radius 3 is 2.71 bits per heavy atom. The van der Waals surface area contributed by atoms with E-state index < -0.39 is 0 Å². The molecular weight excluding hydrogens is 653 g/mol. The van der Waals surface area contributed by atoms with Crippen LogP contribution in [0, 0.1) is 17.8 Å². The molecule has 1 aromatic heterocycles. The van der Waals surface area contributed by atoms with Gasteiger partial charge in [0, 0.05) is 51.1 Å². The van der Waals surface area contributed by atoms with E-state index >= 15 is 0 Å².